The Balaban J connectivity index is -0.0000000630. The number of carbonyl (C=O) groups is 1. The van der Waals surface area contributed by atoms with Crippen molar-refractivity contribution in [1.29, 1.82) is 0 Å². The Morgan fingerprint density at radius 2 is 0.812 bits per heavy atom. The zero-order chi connectivity index (χ0) is 13.7. The minimum absolute atomic E-state index is 0.750. The highest BCUT2D eigenvalue weighted by molar-refractivity contribution is 5.44. The van der Waals surface area contributed by atoms with Crippen LogP contribution in [0.1, 0.15) is 41.5 Å². The summed E-state index contributed by atoms with van der Waals surface area (Å²) < 4.78 is 0. The molecule has 1 aromatic carbocycles. The van der Waals surface area contributed by atoms with Crippen molar-refractivity contribution in [2.45, 2.75) is 41.5 Å². The average molecular weight is 224 g/mol. The standard InChI is InChI=1S/C6H6.C3H6.C2H4O.2C2H6/c1-2-4-6-5-3-1;1-3-2;1-2-3;2*1-2/h1-6H;3H,1H2,2H3;2H,1H3;2*1-2H3. The number of aldehydes is 1. The molecule has 0 radical (unpaired) electrons. The van der Waals surface area contributed by atoms with Crippen LogP contribution in [0.3, 0.4) is 0 Å². The van der Waals surface area contributed by atoms with Gasteiger partial charge in [0.15, 0.2) is 0 Å². The lowest BCUT2D eigenvalue weighted by Gasteiger charge is -1.69. The third-order valence-electron chi connectivity index (χ3n) is 0.667. The average Bonchev–Trinajstić information content (AvgIpc) is 2.38. The van der Waals surface area contributed by atoms with Crippen LogP contribution in [-0.4, -0.2) is 6.29 Å². The molecule has 0 fully saturated rings. The Morgan fingerprint density at radius 3 is 0.875 bits per heavy atom. The summed E-state index contributed by atoms with van der Waals surface area (Å²) in [6, 6.07) is 12.0. The van der Waals surface area contributed by atoms with Crippen molar-refractivity contribution in [3.63, 3.8) is 0 Å². The van der Waals surface area contributed by atoms with Gasteiger partial charge in [-0.15, -0.1) is 6.58 Å². The van der Waals surface area contributed by atoms with Crippen molar-refractivity contribution in [1.82, 2.24) is 0 Å². The summed E-state index contributed by atoms with van der Waals surface area (Å²) in [4.78, 5) is 8.81. The van der Waals surface area contributed by atoms with E-state index < -0.39 is 0 Å². The van der Waals surface area contributed by atoms with Crippen molar-refractivity contribution in [3.8, 4) is 0 Å². The molecule has 16 heavy (non-hydrogen) atoms. The maximum absolute atomic E-state index is 8.81. The third-order valence-corrected chi connectivity index (χ3v) is 0.667. The fraction of sp³-hybridized carbons (Fsp3) is 0.400. The van der Waals surface area contributed by atoms with Crippen LogP contribution in [0.4, 0.5) is 0 Å². The van der Waals surface area contributed by atoms with E-state index in [1.807, 2.05) is 71.0 Å². The largest absolute Gasteiger partial charge is 0.304 e. The molecule has 1 heteroatoms. The van der Waals surface area contributed by atoms with Crippen LogP contribution < -0.4 is 0 Å². The van der Waals surface area contributed by atoms with Crippen molar-refractivity contribution in [3.05, 3.63) is 49.1 Å². The highest BCUT2D eigenvalue weighted by atomic mass is 16.1. The first kappa shape index (κ1) is 24.1. The maximum atomic E-state index is 8.81. The van der Waals surface area contributed by atoms with Gasteiger partial charge in [0.2, 0.25) is 0 Å². The first-order valence-electron chi connectivity index (χ1n) is 5.80. The topological polar surface area (TPSA) is 17.1 Å². The summed E-state index contributed by atoms with van der Waals surface area (Å²) in [5.74, 6) is 0. The number of allylic oxidation sites excluding steroid dienone is 1. The van der Waals surface area contributed by atoms with Gasteiger partial charge in [0, 0.05) is 0 Å². The lowest BCUT2D eigenvalue weighted by Crippen LogP contribution is -1.47. The van der Waals surface area contributed by atoms with E-state index in [9.17, 15) is 0 Å². The first-order valence-corrected chi connectivity index (χ1v) is 5.80. The highest BCUT2D eigenvalue weighted by Gasteiger charge is 1.57. The fourth-order valence-corrected chi connectivity index (χ4v) is 0.385. The van der Waals surface area contributed by atoms with Crippen LogP contribution in [-0.2, 0) is 4.79 Å². The van der Waals surface area contributed by atoms with Gasteiger partial charge in [-0.2, -0.15) is 0 Å². The van der Waals surface area contributed by atoms with E-state index in [2.05, 4.69) is 6.58 Å². The fourth-order valence-electron chi connectivity index (χ4n) is 0.385. The lowest BCUT2D eigenvalue weighted by atomic mass is 10.4. The van der Waals surface area contributed by atoms with Gasteiger partial charge >= 0.3 is 0 Å². The van der Waals surface area contributed by atoms with Crippen LogP contribution in [0.25, 0.3) is 0 Å². The Labute approximate surface area is 102 Å². The second kappa shape index (κ2) is 49.5. The summed E-state index contributed by atoms with van der Waals surface area (Å²) in [5.41, 5.74) is 0. The van der Waals surface area contributed by atoms with Gasteiger partial charge in [-0.1, -0.05) is 70.2 Å². The number of benzene rings is 1. The zero-order valence-electron chi connectivity index (χ0n) is 11.7. The highest BCUT2D eigenvalue weighted by Crippen LogP contribution is 1.79. The van der Waals surface area contributed by atoms with Crippen LogP contribution in [0.5, 0.6) is 0 Å². The molecule has 0 N–H and O–H groups in total. The van der Waals surface area contributed by atoms with Crippen LogP contribution in [0.2, 0.25) is 0 Å². The zero-order valence-corrected chi connectivity index (χ0v) is 11.7. The number of hydrogen-bond acceptors (Lipinski definition) is 1. The minimum Gasteiger partial charge on any atom is -0.304 e. The monoisotopic (exact) mass is 224 g/mol. The second-order valence-electron chi connectivity index (χ2n) is 1.80. The number of rotatable bonds is 0. The molecule has 0 unspecified atom stereocenters. The van der Waals surface area contributed by atoms with E-state index in [4.69, 9.17) is 4.79 Å². The van der Waals surface area contributed by atoms with Gasteiger partial charge in [0.05, 0.1) is 0 Å². The van der Waals surface area contributed by atoms with E-state index in [0.29, 0.717) is 0 Å². The predicted octanol–water partition coefficient (Wildman–Crippen LogP) is 5.14. The SMILES string of the molecule is C=CC.CC.CC.CC=O.c1ccccc1. The molecular weight excluding hydrogens is 196 g/mol. The predicted molar refractivity (Wildman–Crippen MR) is 76.7 cm³/mol. The summed E-state index contributed by atoms with van der Waals surface area (Å²) >= 11 is 0. The molecule has 0 atom stereocenters. The summed E-state index contributed by atoms with van der Waals surface area (Å²) in [5, 5.41) is 0. The van der Waals surface area contributed by atoms with Gasteiger partial charge in [0.25, 0.3) is 0 Å². The Bertz CT molecular complexity index is 135. The molecule has 0 aliphatic rings. The van der Waals surface area contributed by atoms with E-state index in [1.165, 1.54) is 6.92 Å². The first-order chi connectivity index (χ1) is 7.83. The molecule has 0 heterocycles. The van der Waals surface area contributed by atoms with Crippen LogP contribution in [0.15, 0.2) is 49.1 Å². The van der Waals surface area contributed by atoms with Gasteiger partial charge in [-0.25, -0.2) is 0 Å². The maximum Gasteiger partial charge on any atom is 0.116 e. The van der Waals surface area contributed by atoms with E-state index in [0.717, 1.165) is 6.29 Å². The van der Waals surface area contributed by atoms with Gasteiger partial charge in [-0.05, 0) is 13.8 Å². The molecule has 0 aliphatic carbocycles. The molecule has 0 aromatic heterocycles. The molecule has 0 saturated heterocycles. The van der Waals surface area contributed by atoms with Crippen molar-refractivity contribution >= 4 is 6.29 Å². The van der Waals surface area contributed by atoms with Crippen LogP contribution >= 0.6 is 0 Å². The minimum atomic E-state index is 0.750. The third kappa shape index (κ3) is 79.7. The molecule has 0 amide bonds. The molecule has 0 saturated carbocycles. The van der Waals surface area contributed by atoms with E-state index in [-0.39, 0.29) is 0 Å². The van der Waals surface area contributed by atoms with Crippen molar-refractivity contribution < 1.29 is 4.79 Å². The molecule has 94 valence electrons. The van der Waals surface area contributed by atoms with E-state index in [1.54, 1.807) is 6.08 Å². The molecular formula is C15H28O. The molecule has 0 spiro atoms. The number of hydrogen-bond donors (Lipinski definition) is 0. The molecule has 1 nitrogen and oxygen atoms in total. The van der Waals surface area contributed by atoms with E-state index >= 15 is 0 Å². The molecule has 1 aromatic rings. The molecule has 0 bridgehead atoms. The Morgan fingerprint density at radius 1 is 0.750 bits per heavy atom. The number of carbonyl (C=O) groups excluding carboxylic acids is 1. The lowest BCUT2D eigenvalue weighted by molar-refractivity contribution is -0.106. The molecule has 0 aliphatic heterocycles. The Kier molecular flexibility index (Phi) is 74.4. The van der Waals surface area contributed by atoms with Crippen molar-refractivity contribution in [2.24, 2.45) is 0 Å². The summed E-state index contributed by atoms with van der Waals surface area (Å²) in [7, 11) is 0. The normalized spacial score (nSPS) is 5.38. The van der Waals surface area contributed by atoms with Gasteiger partial charge in [-0.3, -0.25) is 0 Å². The smallest absolute Gasteiger partial charge is 0.116 e. The quantitative estimate of drug-likeness (QED) is 0.440. The Hall–Kier alpha value is -1.37. The van der Waals surface area contributed by atoms with Crippen LogP contribution in [0, 0.1) is 0 Å². The second-order valence-corrected chi connectivity index (χ2v) is 1.80. The van der Waals surface area contributed by atoms with Gasteiger partial charge < -0.3 is 4.79 Å². The van der Waals surface area contributed by atoms with Crippen molar-refractivity contribution in [2.75, 3.05) is 0 Å². The van der Waals surface area contributed by atoms with Gasteiger partial charge in [0.1, 0.15) is 6.29 Å². The molecule has 1 rings (SSSR count). The summed E-state index contributed by atoms with van der Waals surface area (Å²) in [6.07, 6.45) is 2.50. The summed E-state index contributed by atoms with van der Waals surface area (Å²) in [6.45, 7) is 14.7.